The molecule has 0 aromatic heterocycles. The van der Waals surface area contributed by atoms with Gasteiger partial charge in [0.25, 0.3) is 0 Å². The first-order valence-corrected chi connectivity index (χ1v) is 7.29. The van der Waals surface area contributed by atoms with Gasteiger partial charge in [0.05, 0.1) is 12.5 Å². The fraction of sp³-hybridized carbons (Fsp3) is 0.786. The van der Waals surface area contributed by atoms with Gasteiger partial charge in [0, 0.05) is 19.5 Å². The average molecular weight is 300 g/mol. The molecule has 0 aromatic rings. The molecule has 1 rings (SSSR count). The van der Waals surface area contributed by atoms with E-state index in [1.165, 1.54) is 0 Å². The quantitative estimate of drug-likeness (QED) is 0.639. The molecule has 120 valence electrons. The van der Waals surface area contributed by atoms with Crippen LogP contribution in [0, 0.1) is 5.92 Å². The summed E-state index contributed by atoms with van der Waals surface area (Å²) in [7, 11) is 0. The SMILES string of the molecule is CCCC(=O)N1CCCC(C(=O)NCC(C)(O)C(=O)O)C1. The Morgan fingerprint density at radius 3 is 2.62 bits per heavy atom. The Morgan fingerprint density at radius 1 is 1.38 bits per heavy atom. The van der Waals surface area contributed by atoms with Gasteiger partial charge in [-0.15, -0.1) is 0 Å². The maximum Gasteiger partial charge on any atom is 0.337 e. The van der Waals surface area contributed by atoms with Crippen LogP contribution in [-0.4, -0.2) is 58.1 Å². The van der Waals surface area contributed by atoms with Crippen molar-refractivity contribution in [2.75, 3.05) is 19.6 Å². The number of likely N-dealkylation sites (tertiary alicyclic amines) is 1. The number of rotatable bonds is 6. The zero-order chi connectivity index (χ0) is 16.0. The lowest BCUT2D eigenvalue weighted by Gasteiger charge is -2.32. The van der Waals surface area contributed by atoms with Crippen molar-refractivity contribution in [3.8, 4) is 0 Å². The lowest BCUT2D eigenvalue weighted by Crippen LogP contribution is -2.50. The first-order chi connectivity index (χ1) is 9.77. The standard InChI is InChI=1S/C14H24N2O5/c1-3-5-11(17)16-7-4-6-10(8-16)12(18)15-9-14(2,21)13(19)20/h10,21H,3-9H2,1-2H3,(H,15,18)(H,19,20). The van der Waals surface area contributed by atoms with Gasteiger partial charge in [-0.3, -0.25) is 9.59 Å². The van der Waals surface area contributed by atoms with E-state index in [-0.39, 0.29) is 24.3 Å². The van der Waals surface area contributed by atoms with Gasteiger partial charge < -0.3 is 20.4 Å². The molecule has 2 unspecified atom stereocenters. The molecule has 7 heteroatoms. The zero-order valence-corrected chi connectivity index (χ0v) is 12.6. The van der Waals surface area contributed by atoms with Crippen molar-refractivity contribution in [2.24, 2.45) is 5.92 Å². The molecule has 0 radical (unpaired) electrons. The Morgan fingerprint density at radius 2 is 2.05 bits per heavy atom. The average Bonchev–Trinajstić information content (AvgIpc) is 2.45. The smallest absolute Gasteiger partial charge is 0.337 e. The second-order valence-corrected chi connectivity index (χ2v) is 5.73. The lowest BCUT2D eigenvalue weighted by atomic mass is 9.96. The van der Waals surface area contributed by atoms with Crippen LogP contribution in [0.5, 0.6) is 0 Å². The minimum Gasteiger partial charge on any atom is -0.479 e. The number of carbonyl (C=O) groups is 3. The molecule has 0 bridgehead atoms. The van der Waals surface area contributed by atoms with Crippen molar-refractivity contribution in [1.29, 1.82) is 0 Å². The van der Waals surface area contributed by atoms with E-state index in [1.54, 1.807) is 4.90 Å². The molecule has 1 saturated heterocycles. The van der Waals surface area contributed by atoms with Gasteiger partial charge in [0.1, 0.15) is 0 Å². The maximum atomic E-state index is 12.0. The molecule has 0 aliphatic carbocycles. The molecule has 1 fully saturated rings. The number of amides is 2. The molecule has 2 atom stereocenters. The summed E-state index contributed by atoms with van der Waals surface area (Å²) in [5.74, 6) is -1.99. The largest absolute Gasteiger partial charge is 0.479 e. The van der Waals surface area contributed by atoms with E-state index in [9.17, 15) is 19.5 Å². The van der Waals surface area contributed by atoms with Gasteiger partial charge in [-0.1, -0.05) is 6.92 Å². The Bertz CT molecular complexity index is 408. The van der Waals surface area contributed by atoms with Crippen LogP contribution in [0.2, 0.25) is 0 Å². The Balaban J connectivity index is 2.51. The highest BCUT2D eigenvalue weighted by atomic mass is 16.4. The van der Waals surface area contributed by atoms with Crippen molar-refractivity contribution in [2.45, 2.75) is 45.1 Å². The van der Waals surface area contributed by atoms with Crippen molar-refractivity contribution in [1.82, 2.24) is 10.2 Å². The number of hydrogen-bond acceptors (Lipinski definition) is 4. The number of aliphatic hydroxyl groups is 1. The van der Waals surface area contributed by atoms with Crippen LogP contribution in [0.15, 0.2) is 0 Å². The van der Waals surface area contributed by atoms with E-state index in [4.69, 9.17) is 5.11 Å². The molecule has 0 aromatic carbocycles. The number of aliphatic carboxylic acids is 1. The Labute approximate surface area is 124 Å². The topological polar surface area (TPSA) is 107 Å². The summed E-state index contributed by atoms with van der Waals surface area (Å²) in [6, 6.07) is 0. The number of carbonyl (C=O) groups excluding carboxylic acids is 2. The number of carboxylic acid groups (broad SMARTS) is 1. The van der Waals surface area contributed by atoms with Crippen molar-refractivity contribution >= 4 is 17.8 Å². The lowest BCUT2D eigenvalue weighted by molar-refractivity contribution is -0.156. The molecule has 0 saturated carbocycles. The monoisotopic (exact) mass is 300 g/mol. The fourth-order valence-electron chi connectivity index (χ4n) is 2.27. The predicted octanol–water partition coefficient (Wildman–Crippen LogP) is -0.0231. The number of carboxylic acids is 1. The number of piperidine rings is 1. The molecule has 7 nitrogen and oxygen atoms in total. The van der Waals surface area contributed by atoms with Crippen molar-refractivity contribution in [3.63, 3.8) is 0 Å². The number of nitrogens with one attached hydrogen (secondary N) is 1. The van der Waals surface area contributed by atoms with E-state index in [0.29, 0.717) is 25.9 Å². The van der Waals surface area contributed by atoms with Crippen LogP contribution in [0.3, 0.4) is 0 Å². The summed E-state index contributed by atoms with van der Waals surface area (Å²) in [4.78, 5) is 36.3. The summed E-state index contributed by atoms with van der Waals surface area (Å²) >= 11 is 0. The number of hydrogen-bond donors (Lipinski definition) is 3. The van der Waals surface area contributed by atoms with E-state index < -0.39 is 11.6 Å². The third-order valence-electron chi connectivity index (χ3n) is 3.68. The Kier molecular flexibility index (Phi) is 6.14. The third-order valence-corrected chi connectivity index (χ3v) is 3.68. The minimum absolute atomic E-state index is 0.0486. The van der Waals surface area contributed by atoms with Crippen LogP contribution in [0.25, 0.3) is 0 Å². The third kappa shape index (κ3) is 5.00. The molecule has 1 aliphatic heterocycles. The van der Waals surface area contributed by atoms with E-state index in [2.05, 4.69) is 5.32 Å². The maximum absolute atomic E-state index is 12.0. The van der Waals surface area contributed by atoms with E-state index in [1.807, 2.05) is 6.92 Å². The summed E-state index contributed by atoms with van der Waals surface area (Å²) in [6.07, 6.45) is 2.66. The zero-order valence-electron chi connectivity index (χ0n) is 12.6. The van der Waals surface area contributed by atoms with Crippen LogP contribution in [-0.2, 0) is 14.4 Å². The molecule has 21 heavy (non-hydrogen) atoms. The van der Waals surface area contributed by atoms with Crippen LogP contribution < -0.4 is 5.32 Å². The molecule has 1 heterocycles. The fourth-order valence-corrected chi connectivity index (χ4v) is 2.27. The highest BCUT2D eigenvalue weighted by Gasteiger charge is 2.33. The second kappa shape index (κ2) is 7.40. The van der Waals surface area contributed by atoms with E-state index >= 15 is 0 Å². The normalized spacial score (nSPS) is 21.5. The first kappa shape index (κ1) is 17.4. The van der Waals surface area contributed by atoms with Crippen LogP contribution in [0.1, 0.15) is 39.5 Å². The van der Waals surface area contributed by atoms with Gasteiger partial charge >= 0.3 is 5.97 Å². The summed E-state index contributed by atoms with van der Waals surface area (Å²) < 4.78 is 0. The van der Waals surface area contributed by atoms with Crippen LogP contribution in [0.4, 0.5) is 0 Å². The summed E-state index contributed by atoms with van der Waals surface area (Å²) in [5.41, 5.74) is -1.98. The molecule has 0 spiro atoms. The molecule has 1 aliphatic rings. The highest BCUT2D eigenvalue weighted by Crippen LogP contribution is 2.18. The molecular formula is C14H24N2O5. The van der Waals surface area contributed by atoms with Gasteiger partial charge in [-0.05, 0) is 26.2 Å². The summed E-state index contributed by atoms with van der Waals surface area (Å²) in [6.45, 7) is 3.74. The second-order valence-electron chi connectivity index (χ2n) is 5.73. The van der Waals surface area contributed by atoms with Gasteiger partial charge in [0.2, 0.25) is 11.8 Å². The van der Waals surface area contributed by atoms with Crippen molar-refractivity contribution in [3.05, 3.63) is 0 Å². The van der Waals surface area contributed by atoms with Gasteiger partial charge in [0.15, 0.2) is 5.60 Å². The first-order valence-electron chi connectivity index (χ1n) is 7.29. The molecule has 2 amide bonds. The van der Waals surface area contributed by atoms with Gasteiger partial charge in [-0.2, -0.15) is 0 Å². The predicted molar refractivity (Wildman–Crippen MR) is 75.5 cm³/mol. The number of nitrogens with zero attached hydrogens (tertiary/aromatic N) is 1. The minimum atomic E-state index is -1.98. The van der Waals surface area contributed by atoms with Gasteiger partial charge in [-0.25, -0.2) is 4.79 Å². The summed E-state index contributed by atoms with van der Waals surface area (Å²) in [5, 5.41) is 20.8. The van der Waals surface area contributed by atoms with Crippen LogP contribution >= 0.6 is 0 Å². The van der Waals surface area contributed by atoms with Crippen molar-refractivity contribution < 1.29 is 24.6 Å². The van der Waals surface area contributed by atoms with E-state index in [0.717, 1.165) is 19.8 Å². The molecular weight excluding hydrogens is 276 g/mol. The Hall–Kier alpha value is -1.63. The highest BCUT2D eigenvalue weighted by molar-refractivity contribution is 5.83. The molecule has 3 N–H and O–H groups in total.